The van der Waals surface area contributed by atoms with Gasteiger partial charge in [-0.05, 0) is 87.5 Å². The number of fused-ring (bicyclic) bond motifs is 4. The molecular formula is C36H40N6O6S2. The highest BCUT2D eigenvalue weighted by Crippen LogP contribution is 2.58. The molecular weight excluding hydrogens is 677 g/mol. The van der Waals surface area contributed by atoms with Gasteiger partial charge in [0.05, 0.1) is 34.0 Å². The molecule has 4 aliphatic rings. The number of sulfonamides is 1. The normalized spacial score (nSPS) is 19.7. The van der Waals surface area contributed by atoms with Gasteiger partial charge in [-0.1, -0.05) is 30.7 Å². The van der Waals surface area contributed by atoms with Crippen LogP contribution in [-0.2, 0) is 34.6 Å². The smallest absolute Gasteiger partial charge is 0.287 e. The summed E-state index contributed by atoms with van der Waals surface area (Å²) in [6, 6.07) is 15.4. The van der Waals surface area contributed by atoms with Crippen LogP contribution in [0.15, 0.2) is 71.9 Å². The average molecular weight is 717 g/mol. The van der Waals surface area contributed by atoms with E-state index in [4.69, 9.17) is 9.27 Å². The Hall–Kier alpha value is -4.11. The summed E-state index contributed by atoms with van der Waals surface area (Å²) in [6.45, 7) is 3.42. The fourth-order valence-electron chi connectivity index (χ4n) is 7.97. The van der Waals surface area contributed by atoms with Gasteiger partial charge in [-0.15, -0.1) is 8.75 Å². The Morgan fingerprint density at radius 3 is 2.26 bits per heavy atom. The van der Waals surface area contributed by atoms with Crippen molar-refractivity contribution in [3.63, 3.8) is 0 Å². The van der Waals surface area contributed by atoms with Gasteiger partial charge >= 0.3 is 0 Å². The van der Waals surface area contributed by atoms with Crippen LogP contribution in [-0.4, -0.2) is 83.1 Å². The summed E-state index contributed by atoms with van der Waals surface area (Å²) in [5, 5.41) is 0.849. The van der Waals surface area contributed by atoms with E-state index in [1.807, 2.05) is 23.1 Å². The number of hydrogen-bond acceptors (Lipinski definition) is 10. The van der Waals surface area contributed by atoms with Crippen molar-refractivity contribution in [1.82, 2.24) is 14.9 Å². The molecule has 0 unspecified atom stereocenters. The number of carbonyl (C=O) groups is 1. The number of benzene rings is 2. The number of pyridine rings is 2. The summed E-state index contributed by atoms with van der Waals surface area (Å²) in [6.07, 6.45) is 11.2. The van der Waals surface area contributed by atoms with Crippen LogP contribution in [0.2, 0.25) is 0 Å². The molecule has 1 spiro atoms. The molecule has 4 aromatic rings. The first-order chi connectivity index (χ1) is 24.0. The minimum atomic E-state index is -4.53. The van der Waals surface area contributed by atoms with Gasteiger partial charge in [0.15, 0.2) is 5.82 Å². The Kier molecular flexibility index (Phi) is 8.12. The average Bonchev–Trinajstić information content (AvgIpc) is 3.91. The number of rotatable bonds is 8. The topological polar surface area (TPSA) is 133 Å². The zero-order valence-electron chi connectivity index (χ0n) is 28.2. The number of nitrogens with zero attached hydrogens (tertiary/aromatic N) is 6. The Morgan fingerprint density at radius 2 is 1.58 bits per heavy atom. The number of anilines is 3. The van der Waals surface area contributed by atoms with Crippen molar-refractivity contribution >= 4 is 54.1 Å². The Bertz CT molecular complexity index is 2200. The second-order valence-corrected chi connectivity index (χ2v) is 17.2. The molecule has 2 aromatic carbocycles. The number of amides is 1. The molecule has 5 heterocycles. The Balaban J connectivity index is 1.25. The number of carbonyl (C=O) groups excluding carboxylic acids is 1. The summed E-state index contributed by atoms with van der Waals surface area (Å²) in [4.78, 5) is 28.9. The first kappa shape index (κ1) is 33.1. The third-order valence-corrected chi connectivity index (χ3v) is 12.8. The van der Waals surface area contributed by atoms with Crippen LogP contribution in [0.25, 0.3) is 22.0 Å². The molecule has 3 fully saturated rings. The standard InChI is InChI=1S/C36H40N6O6S2/c1-39-32-24-37-30-12-11-25(21-29(30)33(32)36(15-16-36)35(39)43)26-22-31(42(48-49(2,44)45)50(46,47)28-9-5-3-6-10-28)34(38-23-26)41-19-13-27(14-20-41)40-17-7-4-8-18-40/h3,5-6,9-12,21-24,27H,4,7-8,13-20H2,1-2H3. The summed E-state index contributed by atoms with van der Waals surface area (Å²) in [5.41, 5.74) is 3.23. The van der Waals surface area contributed by atoms with Crippen molar-refractivity contribution in [2.24, 2.45) is 0 Å². The number of hydrogen-bond donors (Lipinski definition) is 0. The highest BCUT2D eigenvalue weighted by Gasteiger charge is 2.59. The Labute approximate surface area is 292 Å². The van der Waals surface area contributed by atoms with Gasteiger partial charge in [0.2, 0.25) is 5.91 Å². The lowest BCUT2D eigenvalue weighted by Gasteiger charge is -2.41. The van der Waals surface area contributed by atoms with Crippen LogP contribution >= 0.6 is 0 Å². The molecule has 0 radical (unpaired) electrons. The van der Waals surface area contributed by atoms with Crippen LogP contribution in [0.5, 0.6) is 0 Å². The van der Waals surface area contributed by atoms with E-state index in [1.165, 1.54) is 31.4 Å². The van der Waals surface area contributed by atoms with E-state index in [1.54, 1.807) is 48.6 Å². The fourth-order valence-corrected chi connectivity index (χ4v) is 10.0. The molecule has 0 bridgehead atoms. The maximum atomic E-state index is 14.2. The van der Waals surface area contributed by atoms with Crippen LogP contribution in [0.3, 0.4) is 0 Å². The first-order valence-corrected chi connectivity index (χ1v) is 20.4. The summed E-state index contributed by atoms with van der Waals surface area (Å²) in [5.74, 6) is 0.394. The fraction of sp³-hybridized carbons (Fsp3) is 0.417. The van der Waals surface area contributed by atoms with Gasteiger partial charge in [-0.25, -0.2) is 4.98 Å². The molecule has 3 aliphatic heterocycles. The molecule has 0 atom stereocenters. The summed E-state index contributed by atoms with van der Waals surface area (Å²) < 4.78 is 59.8. The molecule has 50 heavy (non-hydrogen) atoms. The van der Waals surface area contributed by atoms with E-state index in [0.717, 1.165) is 67.2 Å². The van der Waals surface area contributed by atoms with Gasteiger partial charge in [-0.2, -0.15) is 16.8 Å². The predicted molar refractivity (Wildman–Crippen MR) is 192 cm³/mol. The van der Waals surface area contributed by atoms with Crippen LogP contribution in [0, 0.1) is 0 Å². The quantitative estimate of drug-likeness (QED) is 0.233. The van der Waals surface area contributed by atoms with Gasteiger partial charge < -0.3 is 14.7 Å². The van der Waals surface area contributed by atoms with Crippen molar-refractivity contribution in [2.45, 2.75) is 61.3 Å². The molecule has 0 N–H and O–H groups in total. The van der Waals surface area contributed by atoms with Gasteiger partial charge in [0.1, 0.15) is 5.69 Å². The van der Waals surface area contributed by atoms with Crippen molar-refractivity contribution in [2.75, 3.05) is 53.8 Å². The molecule has 1 saturated carbocycles. The molecule has 1 amide bonds. The lowest BCUT2D eigenvalue weighted by molar-refractivity contribution is -0.119. The van der Waals surface area contributed by atoms with Crippen LogP contribution in [0.4, 0.5) is 17.2 Å². The summed E-state index contributed by atoms with van der Waals surface area (Å²) in [7, 11) is -7.07. The minimum Gasteiger partial charge on any atom is -0.355 e. The molecule has 2 saturated heterocycles. The molecule has 12 nitrogen and oxygen atoms in total. The van der Waals surface area contributed by atoms with Crippen LogP contribution in [0.1, 0.15) is 50.5 Å². The van der Waals surface area contributed by atoms with E-state index < -0.39 is 25.6 Å². The summed E-state index contributed by atoms with van der Waals surface area (Å²) >= 11 is 0. The Morgan fingerprint density at radius 1 is 0.860 bits per heavy atom. The number of piperidine rings is 2. The van der Waals surface area contributed by atoms with Gasteiger partial charge in [-0.3, -0.25) is 9.78 Å². The lowest BCUT2D eigenvalue weighted by Crippen LogP contribution is -2.47. The molecule has 8 rings (SSSR count). The number of likely N-dealkylation sites (tertiary alicyclic amines) is 1. The SMILES string of the molecule is CN1C(=O)C2(CC2)c2c1cnc1ccc(-c3cnc(N4CCC(N5CCCCC5)CC4)c(N(OS(C)(=O)=O)S(=O)(=O)c4ccccc4)c3)cc21. The molecule has 2 aromatic heterocycles. The second kappa shape index (κ2) is 12.3. The van der Waals surface area contributed by atoms with Crippen molar-refractivity contribution in [1.29, 1.82) is 0 Å². The maximum absolute atomic E-state index is 14.2. The van der Waals surface area contributed by atoms with E-state index in [-0.39, 0.29) is 16.5 Å². The zero-order chi connectivity index (χ0) is 34.8. The van der Waals surface area contributed by atoms with Crippen molar-refractivity contribution in [3.8, 4) is 11.1 Å². The van der Waals surface area contributed by atoms with E-state index in [2.05, 4.69) is 9.88 Å². The van der Waals surface area contributed by atoms with Crippen molar-refractivity contribution < 1.29 is 25.9 Å². The van der Waals surface area contributed by atoms with E-state index >= 15 is 0 Å². The van der Waals surface area contributed by atoms with E-state index in [9.17, 15) is 21.6 Å². The van der Waals surface area contributed by atoms with E-state index in [0.29, 0.717) is 40.5 Å². The number of aromatic nitrogens is 2. The minimum absolute atomic E-state index is 0.00159. The highest BCUT2D eigenvalue weighted by molar-refractivity contribution is 7.93. The third-order valence-electron chi connectivity index (χ3n) is 10.7. The molecule has 1 aliphatic carbocycles. The second-order valence-electron chi connectivity index (χ2n) is 13.9. The highest BCUT2D eigenvalue weighted by atomic mass is 32.2. The number of likely N-dealkylation sites (N-methyl/N-ethyl adjacent to an activating group) is 1. The van der Waals surface area contributed by atoms with Gasteiger partial charge in [0, 0.05) is 48.9 Å². The maximum Gasteiger partial charge on any atom is 0.287 e. The largest absolute Gasteiger partial charge is 0.355 e. The predicted octanol–water partition coefficient (Wildman–Crippen LogP) is 4.85. The third kappa shape index (κ3) is 5.71. The lowest BCUT2D eigenvalue weighted by atomic mass is 9.92. The first-order valence-electron chi connectivity index (χ1n) is 17.2. The van der Waals surface area contributed by atoms with Crippen LogP contribution < -0.4 is 14.3 Å². The molecule has 262 valence electrons. The van der Waals surface area contributed by atoms with Gasteiger partial charge in [0.25, 0.3) is 20.1 Å². The molecule has 14 heteroatoms. The monoisotopic (exact) mass is 716 g/mol. The van der Waals surface area contributed by atoms with Crippen molar-refractivity contribution in [3.05, 3.63) is 72.6 Å². The zero-order valence-corrected chi connectivity index (χ0v) is 29.8.